The van der Waals surface area contributed by atoms with Crippen LogP contribution >= 0.6 is 0 Å². The first kappa shape index (κ1) is 14.9. The Balaban J connectivity index is 1.84. The van der Waals surface area contributed by atoms with Gasteiger partial charge in [0.15, 0.2) is 0 Å². The SMILES string of the molecule is Cc1ccc(N(C(=O)[C@@H]2C[C@H]2[N+](=O)[O-])C2CCCCC2)nc1. The first-order chi connectivity index (χ1) is 10.6. The van der Waals surface area contributed by atoms with Crippen LogP contribution in [0.3, 0.4) is 0 Å². The number of nitro groups is 1. The van der Waals surface area contributed by atoms with Gasteiger partial charge in [0.2, 0.25) is 11.9 Å². The zero-order chi connectivity index (χ0) is 15.7. The van der Waals surface area contributed by atoms with Gasteiger partial charge in [0.05, 0.1) is 0 Å². The Labute approximate surface area is 129 Å². The molecule has 2 fully saturated rings. The predicted molar refractivity (Wildman–Crippen MR) is 82.2 cm³/mol. The average Bonchev–Trinajstić information content (AvgIpc) is 3.31. The summed E-state index contributed by atoms with van der Waals surface area (Å²) in [6.07, 6.45) is 7.42. The molecule has 118 valence electrons. The largest absolute Gasteiger partial charge is 0.293 e. The van der Waals surface area contributed by atoms with Crippen molar-refractivity contribution in [3.05, 3.63) is 34.0 Å². The number of rotatable bonds is 4. The van der Waals surface area contributed by atoms with Gasteiger partial charge in [-0.15, -0.1) is 0 Å². The van der Waals surface area contributed by atoms with Gasteiger partial charge in [-0.05, 0) is 31.4 Å². The van der Waals surface area contributed by atoms with E-state index in [-0.39, 0.29) is 16.9 Å². The minimum atomic E-state index is -0.705. The summed E-state index contributed by atoms with van der Waals surface area (Å²) in [5.41, 5.74) is 1.04. The Hall–Kier alpha value is -1.98. The standard InChI is InChI=1S/C16H21N3O3/c1-11-7-8-15(17-10-11)18(12-5-3-2-4-6-12)16(20)13-9-14(13)19(21)22/h7-8,10,12-14H,2-6,9H2,1H3/t13-,14-/m1/s1. The number of aryl methyl sites for hydroxylation is 1. The molecule has 1 aromatic heterocycles. The van der Waals surface area contributed by atoms with Gasteiger partial charge in [-0.2, -0.15) is 0 Å². The molecule has 0 spiro atoms. The summed E-state index contributed by atoms with van der Waals surface area (Å²) in [5.74, 6) is 0.0430. The lowest BCUT2D eigenvalue weighted by Gasteiger charge is -2.33. The monoisotopic (exact) mass is 303 g/mol. The summed E-state index contributed by atoms with van der Waals surface area (Å²) in [5, 5.41) is 10.9. The third-order valence-electron chi connectivity index (χ3n) is 4.66. The van der Waals surface area contributed by atoms with E-state index in [2.05, 4.69) is 4.98 Å². The van der Waals surface area contributed by atoms with Crippen LogP contribution in [0.1, 0.15) is 44.1 Å². The third kappa shape index (κ3) is 2.96. The van der Waals surface area contributed by atoms with Crippen molar-refractivity contribution in [2.24, 2.45) is 5.92 Å². The minimum Gasteiger partial charge on any atom is -0.293 e. The Morgan fingerprint density at radius 2 is 2.05 bits per heavy atom. The maximum Gasteiger partial charge on any atom is 0.238 e. The van der Waals surface area contributed by atoms with Crippen LogP contribution in [0, 0.1) is 23.0 Å². The number of nitrogens with zero attached hydrogens (tertiary/aromatic N) is 3. The summed E-state index contributed by atoms with van der Waals surface area (Å²) in [6.45, 7) is 1.95. The van der Waals surface area contributed by atoms with E-state index in [0.717, 1.165) is 31.2 Å². The van der Waals surface area contributed by atoms with Crippen molar-refractivity contribution in [2.75, 3.05) is 4.90 Å². The van der Waals surface area contributed by atoms with E-state index in [1.165, 1.54) is 6.42 Å². The molecule has 22 heavy (non-hydrogen) atoms. The Kier molecular flexibility index (Phi) is 4.09. The molecule has 6 nitrogen and oxygen atoms in total. The average molecular weight is 303 g/mol. The van der Waals surface area contributed by atoms with Crippen LogP contribution in [-0.4, -0.2) is 27.9 Å². The van der Waals surface area contributed by atoms with E-state index in [1.807, 2.05) is 19.1 Å². The summed E-state index contributed by atoms with van der Waals surface area (Å²) in [6, 6.07) is 3.21. The molecular formula is C16H21N3O3. The predicted octanol–water partition coefficient (Wildman–Crippen LogP) is 2.72. The molecule has 6 heteroatoms. The normalized spacial score (nSPS) is 24.8. The molecule has 0 N–H and O–H groups in total. The van der Waals surface area contributed by atoms with Gasteiger partial charge in [0.1, 0.15) is 11.7 Å². The second-order valence-electron chi connectivity index (χ2n) is 6.39. The highest BCUT2D eigenvalue weighted by atomic mass is 16.6. The van der Waals surface area contributed by atoms with Gasteiger partial charge in [-0.25, -0.2) is 4.98 Å². The minimum absolute atomic E-state index is 0.120. The lowest BCUT2D eigenvalue weighted by molar-refractivity contribution is -0.497. The fourth-order valence-electron chi connectivity index (χ4n) is 3.28. The highest BCUT2D eigenvalue weighted by Crippen LogP contribution is 2.38. The van der Waals surface area contributed by atoms with Gasteiger partial charge >= 0.3 is 0 Å². The second kappa shape index (κ2) is 6.02. The fraction of sp³-hybridized carbons (Fsp3) is 0.625. The molecule has 2 atom stereocenters. The van der Waals surface area contributed by atoms with Crippen LogP contribution in [0.4, 0.5) is 5.82 Å². The summed E-state index contributed by atoms with van der Waals surface area (Å²) in [4.78, 5) is 29.5. The van der Waals surface area contributed by atoms with Crippen LogP contribution in [-0.2, 0) is 4.79 Å². The van der Waals surface area contributed by atoms with Gasteiger partial charge < -0.3 is 0 Å². The molecule has 1 heterocycles. The first-order valence-electron chi connectivity index (χ1n) is 7.97. The molecule has 2 aliphatic rings. The highest BCUT2D eigenvalue weighted by molar-refractivity contribution is 5.96. The van der Waals surface area contributed by atoms with Crippen LogP contribution in [0.2, 0.25) is 0 Å². The Bertz CT molecular complexity index is 567. The van der Waals surface area contributed by atoms with Crippen molar-refractivity contribution in [3.8, 4) is 0 Å². The van der Waals surface area contributed by atoms with Crippen molar-refractivity contribution in [1.29, 1.82) is 0 Å². The summed E-state index contributed by atoms with van der Waals surface area (Å²) >= 11 is 0. The lowest BCUT2D eigenvalue weighted by Crippen LogP contribution is -2.43. The number of carbonyl (C=O) groups excluding carboxylic acids is 1. The fourth-order valence-corrected chi connectivity index (χ4v) is 3.28. The molecule has 0 aromatic carbocycles. The van der Waals surface area contributed by atoms with E-state index >= 15 is 0 Å². The Morgan fingerprint density at radius 3 is 2.59 bits per heavy atom. The second-order valence-corrected chi connectivity index (χ2v) is 6.39. The smallest absolute Gasteiger partial charge is 0.238 e. The maximum atomic E-state index is 12.8. The molecule has 2 saturated carbocycles. The molecule has 2 aliphatic carbocycles. The van der Waals surface area contributed by atoms with E-state index < -0.39 is 12.0 Å². The molecule has 0 radical (unpaired) electrons. The van der Waals surface area contributed by atoms with Gasteiger partial charge in [0, 0.05) is 23.6 Å². The van der Waals surface area contributed by atoms with E-state index in [1.54, 1.807) is 11.1 Å². The Morgan fingerprint density at radius 1 is 1.32 bits per heavy atom. The van der Waals surface area contributed by atoms with Gasteiger partial charge in [-0.1, -0.05) is 25.3 Å². The van der Waals surface area contributed by atoms with Crippen LogP contribution in [0.5, 0.6) is 0 Å². The molecule has 0 bridgehead atoms. The number of aromatic nitrogens is 1. The summed E-state index contributed by atoms with van der Waals surface area (Å²) in [7, 11) is 0. The van der Waals surface area contributed by atoms with Crippen LogP contribution < -0.4 is 4.90 Å². The number of amides is 1. The molecular weight excluding hydrogens is 282 g/mol. The molecule has 0 aliphatic heterocycles. The van der Waals surface area contributed by atoms with Crippen molar-refractivity contribution in [2.45, 2.75) is 57.5 Å². The lowest BCUT2D eigenvalue weighted by atomic mass is 9.93. The topological polar surface area (TPSA) is 76.3 Å². The molecule has 1 aromatic rings. The van der Waals surface area contributed by atoms with Crippen molar-refractivity contribution >= 4 is 11.7 Å². The molecule has 0 saturated heterocycles. The highest BCUT2D eigenvalue weighted by Gasteiger charge is 2.55. The number of anilines is 1. The van der Waals surface area contributed by atoms with E-state index in [9.17, 15) is 14.9 Å². The number of carbonyl (C=O) groups is 1. The van der Waals surface area contributed by atoms with Gasteiger partial charge in [-0.3, -0.25) is 19.8 Å². The quantitative estimate of drug-likeness (QED) is 0.633. The first-order valence-corrected chi connectivity index (χ1v) is 7.97. The molecule has 1 amide bonds. The maximum absolute atomic E-state index is 12.8. The third-order valence-corrected chi connectivity index (χ3v) is 4.66. The molecule has 0 unspecified atom stereocenters. The number of pyridine rings is 1. The zero-order valence-electron chi connectivity index (χ0n) is 12.8. The molecule has 3 rings (SSSR count). The van der Waals surface area contributed by atoms with Crippen LogP contribution in [0.15, 0.2) is 18.3 Å². The van der Waals surface area contributed by atoms with Crippen LogP contribution in [0.25, 0.3) is 0 Å². The van der Waals surface area contributed by atoms with E-state index in [4.69, 9.17) is 0 Å². The van der Waals surface area contributed by atoms with Gasteiger partial charge in [0.25, 0.3) is 0 Å². The van der Waals surface area contributed by atoms with Crippen molar-refractivity contribution < 1.29 is 9.72 Å². The summed E-state index contributed by atoms with van der Waals surface area (Å²) < 4.78 is 0. The number of hydrogen-bond acceptors (Lipinski definition) is 4. The zero-order valence-corrected chi connectivity index (χ0v) is 12.8. The van der Waals surface area contributed by atoms with Crippen molar-refractivity contribution in [3.63, 3.8) is 0 Å². The number of hydrogen-bond donors (Lipinski definition) is 0. The van der Waals surface area contributed by atoms with Crippen molar-refractivity contribution in [1.82, 2.24) is 4.98 Å². The van der Waals surface area contributed by atoms with E-state index in [0.29, 0.717) is 12.2 Å².